The predicted molar refractivity (Wildman–Crippen MR) is 68.6 cm³/mol. The molecule has 3 rings (SSSR count). The number of aliphatic hydroxyl groups excluding tert-OH is 1. The zero-order valence-electron chi connectivity index (χ0n) is 10.9. The van der Waals surface area contributed by atoms with Gasteiger partial charge in [0.15, 0.2) is 0 Å². The minimum atomic E-state index is -0.999. The van der Waals surface area contributed by atoms with Crippen LogP contribution in [0.5, 0.6) is 5.88 Å². The number of hydrogen-bond acceptors (Lipinski definition) is 4. The standard InChI is InChI=1S/C13H18N2O4/c1-2-9-5-10(16)19-12-11(9)13(17)15(14-12)7-18-6-8-3-4-8/h5,8,10,14,16H,2-4,6-7H2,1H3. The number of aromatic nitrogens is 2. The summed E-state index contributed by atoms with van der Waals surface area (Å²) in [5.41, 5.74) is 1.14. The first kappa shape index (κ1) is 12.5. The molecule has 6 nitrogen and oxygen atoms in total. The van der Waals surface area contributed by atoms with Crippen LogP contribution in [0.1, 0.15) is 31.7 Å². The summed E-state index contributed by atoms with van der Waals surface area (Å²) in [4.78, 5) is 12.2. The SMILES string of the molecule is CCC1=CC(O)Oc2[nH]n(COCC3CC3)c(=O)c21. The first-order chi connectivity index (χ1) is 9.19. The van der Waals surface area contributed by atoms with E-state index in [1.807, 2.05) is 6.92 Å². The van der Waals surface area contributed by atoms with Crippen molar-refractivity contribution in [3.8, 4) is 5.88 Å². The molecule has 1 fully saturated rings. The highest BCUT2D eigenvalue weighted by atomic mass is 16.6. The van der Waals surface area contributed by atoms with Crippen molar-refractivity contribution in [1.82, 2.24) is 9.78 Å². The lowest BCUT2D eigenvalue weighted by molar-refractivity contribution is 0.0159. The second kappa shape index (κ2) is 4.86. The summed E-state index contributed by atoms with van der Waals surface area (Å²) in [5.74, 6) is 0.983. The fraction of sp³-hybridized carbons (Fsp3) is 0.615. The van der Waals surface area contributed by atoms with Crippen molar-refractivity contribution in [1.29, 1.82) is 0 Å². The van der Waals surface area contributed by atoms with E-state index in [0.717, 1.165) is 5.57 Å². The van der Waals surface area contributed by atoms with Crippen molar-refractivity contribution in [2.24, 2.45) is 5.92 Å². The molecule has 1 aromatic heterocycles. The average Bonchev–Trinajstić information content (AvgIpc) is 3.15. The summed E-state index contributed by atoms with van der Waals surface area (Å²) < 4.78 is 12.1. The topological polar surface area (TPSA) is 76.5 Å². The van der Waals surface area contributed by atoms with Gasteiger partial charge in [-0.1, -0.05) is 6.92 Å². The number of aliphatic hydroxyl groups is 1. The van der Waals surface area contributed by atoms with E-state index >= 15 is 0 Å². The van der Waals surface area contributed by atoms with E-state index in [0.29, 0.717) is 30.4 Å². The Hall–Kier alpha value is -1.53. The molecule has 1 aliphatic carbocycles. The van der Waals surface area contributed by atoms with Crippen LogP contribution < -0.4 is 10.3 Å². The molecule has 0 saturated heterocycles. The molecule has 0 spiro atoms. The Labute approximate surface area is 110 Å². The molecule has 1 atom stereocenters. The summed E-state index contributed by atoms with van der Waals surface area (Å²) in [6.45, 7) is 2.82. The molecule has 0 aromatic carbocycles. The van der Waals surface area contributed by atoms with E-state index in [1.165, 1.54) is 17.5 Å². The minimum Gasteiger partial charge on any atom is -0.444 e. The van der Waals surface area contributed by atoms with Crippen LogP contribution in [0.15, 0.2) is 10.9 Å². The molecule has 2 aliphatic rings. The fourth-order valence-electron chi connectivity index (χ4n) is 2.22. The second-order valence-corrected chi connectivity index (χ2v) is 5.05. The lowest BCUT2D eigenvalue weighted by atomic mass is 10.0. The first-order valence-corrected chi connectivity index (χ1v) is 6.65. The first-order valence-electron chi connectivity index (χ1n) is 6.65. The third kappa shape index (κ3) is 2.46. The molecule has 0 radical (unpaired) electrons. The normalized spacial score (nSPS) is 21.8. The quantitative estimate of drug-likeness (QED) is 0.835. The van der Waals surface area contributed by atoms with Gasteiger partial charge in [-0.25, -0.2) is 4.68 Å². The van der Waals surface area contributed by atoms with E-state index in [9.17, 15) is 9.90 Å². The predicted octanol–water partition coefficient (Wildman–Crippen LogP) is 1.06. The zero-order valence-corrected chi connectivity index (χ0v) is 10.9. The van der Waals surface area contributed by atoms with Crippen LogP contribution in [0.2, 0.25) is 0 Å². The van der Waals surface area contributed by atoms with Gasteiger partial charge < -0.3 is 14.6 Å². The minimum absolute atomic E-state index is 0.161. The van der Waals surface area contributed by atoms with Crippen molar-refractivity contribution in [2.45, 2.75) is 39.2 Å². The van der Waals surface area contributed by atoms with Gasteiger partial charge in [0.05, 0.1) is 6.61 Å². The van der Waals surface area contributed by atoms with E-state index in [-0.39, 0.29) is 12.3 Å². The molecule has 1 aromatic rings. The van der Waals surface area contributed by atoms with Gasteiger partial charge in [0.1, 0.15) is 12.3 Å². The van der Waals surface area contributed by atoms with E-state index in [1.54, 1.807) is 6.08 Å². The van der Waals surface area contributed by atoms with Crippen LogP contribution in [0.4, 0.5) is 0 Å². The zero-order chi connectivity index (χ0) is 13.4. The Morgan fingerprint density at radius 1 is 1.58 bits per heavy atom. The molecule has 19 heavy (non-hydrogen) atoms. The summed E-state index contributed by atoms with van der Waals surface area (Å²) in [7, 11) is 0. The molecule has 6 heteroatoms. The van der Waals surface area contributed by atoms with Gasteiger partial charge in [0.25, 0.3) is 5.56 Å². The summed E-state index contributed by atoms with van der Waals surface area (Å²) in [6, 6.07) is 0. The summed E-state index contributed by atoms with van der Waals surface area (Å²) >= 11 is 0. The molecule has 104 valence electrons. The molecular weight excluding hydrogens is 248 g/mol. The smallest absolute Gasteiger partial charge is 0.280 e. The van der Waals surface area contributed by atoms with E-state index in [2.05, 4.69) is 5.10 Å². The third-order valence-electron chi connectivity index (χ3n) is 3.48. The average molecular weight is 266 g/mol. The molecule has 1 aliphatic heterocycles. The number of nitrogens with one attached hydrogen (secondary N) is 1. The highest BCUT2D eigenvalue weighted by Crippen LogP contribution is 2.30. The van der Waals surface area contributed by atoms with Gasteiger partial charge in [-0.2, -0.15) is 0 Å². The van der Waals surface area contributed by atoms with Crippen LogP contribution >= 0.6 is 0 Å². The van der Waals surface area contributed by atoms with Crippen molar-refractivity contribution in [3.63, 3.8) is 0 Å². The Morgan fingerprint density at radius 3 is 3.05 bits per heavy atom. The van der Waals surface area contributed by atoms with Gasteiger partial charge >= 0.3 is 0 Å². The number of rotatable bonds is 5. The number of ether oxygens (including phenoxy) is 2. The maximum atomic E-state index is 12.2. The van der Waals surface area contributed by atoms with E-state index < -0.39 is 6.29 Å². The van der Waals surface area contributed by atoms with Gasteiger partial charge in [-0.05, 0) is 36.8 Å². The van der Waals surface area contributed by atoms with Gasteiger partial charge in [0, 0.05) is 0 Å². The molecule has 2 N–H and O–H groups in total. The number of nitrogens with zero attached hydrogens (tertiary/aromatic N) is 1. The van der Waals surface area contributed by atoms with Crippen molar-refractivity contribution in [2.75, 3.05) is 6.61 Å². The highest BCUT2D eigenvalue weighted by molar-refractivity contribution is 5.70. The van der Waals surface area contributed by atoms with Gasteiger partial charge in [0.2, 0.25) is 12.2 Å². The monoisotopic (exact) mass is 266 g/mol. The Morgan fingerprint density at radius 2 is 2.37 bits per heavy atom. The molecule has 0 amide bonds. The summed E-state index contributed by atoms with van der Waals surface area (Å²) in [5, 5.41) is 12.4. The van der Waals surface area contributed by atoms with Crippen LogP contribution in [0, 0.1) is 5.92 Å². The van der Waals surface area contributed by atoms with Crippen molar-refractivity contribution < 1.29 is 14.6 Å². The number of allylic oxidation sites excluding steroid dienone is 1. The molecule has 1 saturated carbocycles. The number of fused-ring (bicyclic) bond motifs is 1. The molecule has 1 unspecified atom stereocenters. The van der Waals surface area contributed by atoms with Crippen LogP contribution in [-0.2, 0) is 11.5 Å². The van der Waals surface area contributed by atoms with Crippen molar-refractivity contribution in [3.05, 3.63) is 22.0 Å². The van der Waals surface area contributed by atoms with Crippen LogP contribution in [-0.4, -0.2) is 27.8 Å². The molecule has 0 bridgehead atoms. The van der Waals surface area contributed by atoms with Crippen LogP contribution in [0.3, 0.4) is 0 Å². The van der Waals surface area contributed by atoms with Crippen molar-refractivity contribution >= 4 is 5.57 Å². The Kier molecular flexibility index (Phi) is 3.20. The van der Waals surface area contributed by atoms with Crippen LogP contribution in [0.25, 0.3) is 5.57 Å². The number of hydrogen-bond donors (Lipinski definition) is 2. The van der Waals surface area contributed by atoms with E-state index in [4.69, 9.17) is 9.47 Å². The summed E-state index contributed by atoms with van der Waals surface area (Å²) in [6.07, 6.45) is 3.67. The number of aromatic amines is 1. The third-order valence-corrected chi connectivity index (χ3v) is 3.48. The maximum Gasteiger partial charge on any atom is 0.280 e. The second-order valence-electron chi connectivity index (χ2n) is 5.05. The van der Waals surface area contributed by atoms with Gasteiger partial charge in [-0.15, -0.1) is 0 Å². The Bertz CT molecular complexity index is 553. The number of H-pyrrole nitrogens is 1. The van der Waals surface area contributed by atoms with Gasteiger partial charge in [-0.3, -0.25) is 9.89 Å². The molecule has 2 heterocycles. The largest absolute Gasteiger partial charge is 0.444 e. The lowest BCUT2D eigenvalue weighted by Crippen LogP contribution is -2.22. The highest BCUT2D eigenvalue weighted by Gasteiger charge is 2.26. The maximum absolute atomic E-state index is 12.2. The fourth-order valence-corrected chi connectivity index (χ4v) is 2.22. The molecular formula is C13H18N2O4. The Balaban J connectivity index is 1.80. The lowest BCUT2D eigenvalue weighted by Gasteiger charge is -2.16.